The molecule has 0 amide bonds. The Morgan fingerprint density at radius 3 is 1.56 bits per heavy atom. The van der Waals surface area contributed by atoms with Crippen molar-refractivity contribution >= 4 is 71.8 Å². The number of halogens is 3. The number of nitrogens with one attached hydrogen (secondary N) is 2. The molecule has 2 unspecified atom stereocenters. The van der Waals surface area contributed by atoms with Crippen LogP contribution in [0.2, 0.25) is 10.0 Å². The third-order valence-electron chi connectivity index (χ3n) is 11.3. The van der Waals surface area contributed by atoms with E-state index < -0.39 is 37.7 Å². The molecule has 1 saturated heterocycles. The summed E-state index contributed by atoms with van der Waals surface area (Å²) >= 11 is 15.5. The zero-order valence-electron chi connectivity index (χ0n) is 36.0. The van der Waals surface area contributed by atoms with Crippen LogP contribution >= 0.6 is 39.1 Å². The first-order valence-corrected chi connectivity index (χ1v) is 25.0. The van der Waals surface area contributed by atoms with Gasteiger partial charge in [-0.1, -0.05) is 35.3 Å². The molecule has 4 aromatic rings. The minimum absolute atomic E-state index is 0.151. The molecule has 3 heterocycles. The van der Waals surface area contributed by atoms with Crippen LogP contribution in [-0.2, 0) is 29.4 Å². The standard InChI is InChI=1S/C19H20ClN3O2S.C13H15BClNO2.C12H17BrN2O2S/c1-12(2)26(24,25)23-19(13-3-4-13)17-7-16(10-22-11-17)14-5-6-15(9-21)18(20)8-14;1-12(2)13(3,4)18-14(17-12)10-6-5-9(8-16)11(15)7-10;1-8(2)18(16,17)15-12(9-3-4-9)10-5-11(13)7-14-6-10/h5-8,10-13,19,23H,3-4H2,1-2H3;5-7H,1-4H3;5-9,12,15H,3-4H2,1-2H3. The van der Waals surface area contributed by atoms with Crippen LogP contribution in [0, 0.1) is 34.5 Å². The fraction of sp³-hybridized carbons (Fsp3) is 0.455. The van der Waals surface area contributed by atoms with Crippen molar-refractivity contribution in [2.45, 2.75) is 115 Å². The normalized spacial score (nSPS) is 17.8. The SMILES string of the molecule is CC(C)S(=O)(=O)NC(c1cncc(-c2ccc(C#N)c(Cl)c2)c1)C1CC1.CC(C)S(=O)(=O)NC(c1cncc(Br)c1)C1CC1.CC1(C)OB(c2ccc(C#N)c(Cl)c2)OC1(C)C. The first kappa shape index (κ1) is 49.6. The second-order valence-electron chi connectivity index (χ2n) is 17.2. The largest absolute Gasteiger partial charge is 0.494 e. The zero-order chi connectivity index (χ0) is 45.8. The number of nitrogens with zero attached hydrogens (tertiary/aromatic N) is 4. The van der Waals surface area contributed by atoms with E-state index in [2.05, 4.69) is 35.3 Å². The van der Waals surface area contributed by atoms with Gasteiger partial charge in [-0.25, -0.2) is 26.3 Å². The second-order valence-corrected chi connectivity index (χ2v) is 23.5. The summed E-state index contributed by atoms with van der Waals surface area (Å²) in [7, 11) is -7.08. The maximum Gasteiger partial charge on any atom is 0.494 e. The van der Waals surface area contributed by atoms with E-state index >= 15 is 0 Å². The Kier molecular flexibility index (Phi) is 16.1. The summed E-state index contributed by atoms with van der Waals surface area (Å²) in [5.74, 6) is 0.694. The summed E-state index contributed by atoms with van der Waals surface area (Å²) in [6.45, 7) is 14.7. The Hall–Kier alpha value is -3.42. The maximum atomic E-state index is 12.3. The van der Waals surface area contributed by atoms with E-state index in [1.54, 1.807) is 76.7 Å². The molecule has 2 atom stereocenters. The second kappa shape index (κ2) is 20.2. The molecule has 62 heavy (non-hydrogen) atoms. The lowest BCUT2D eigenvalue weighted by atomic mass is 9.79. The van der Waals surface area contributed by atoms with Crippen molar-refractivity contribution in [1.82, 2.24) is 19.4 Å². The van der Waals surface area contributed by atoms with Gasteiger partial charge in [0.1, 0.15) is 12.1 Å². The van der Waals surface area contributed by atoms with E-state index in [9.17, 15) is 16.8 Å². The molecule has 2 saturated carbocycles. The van der Waals surface area contributed by atoms with Gasteiger partial charge in [0.2, 0.25) is 20.0 Å². The van der Waals surface area contributed by atoms with Crippen LogP contribution < -0.4 is 14.9 Å². The zero-order valence-corrected chi connectivity index (χ0v) is 40.7. The van der Waals surface area contributed by atoms with Crippen molar-refractivity contribution in [3.05, 3.63) is 110 Å². The van der Waals surface area contributed by atoms with Crippen LogP contribution in [0.15, 0.2) is 77.8 Å². The minimum Gasteiger partial charge on any atom is -0.399 e. The van der Waals surface area contributed by atoms with Crippen molar-refractivity contribution < 1.29 is 26.1 Å². The molecule has 3 aliphatic rings. The molecule has 2 aromatic carbocycles. The molecule has 2 N–H and O–H groups in total. The smallest absolute Gasteiger partial charge is 0.399 e. The molecule has 0 bridgehead atoms. The van der Waals surface area contributed by atoms with Gasteiger partial charge in [-0.3, -0.25) is 9.97 Å². The number of nitriles is 2. The van der Waals surface area contributed by atoms with E-state index in [1.807, 2.05) is 64.1 Å². The molecule has 12 nitrogen and oxygen atoms in total. The predicted octanol–water partition coefficient (Wildman–Crippen LogP) is 9.19. The van der Waals surface area contributed by atoms with Crippen LogP contribution in [-0.4, -0.2) is 55.6 Å². The molecule has 2 aliphatic carbocycles. The number of pyridine rings is 2. The number of sulfonamides is 2. The lowest BCUT2D eigenvalue weighted by molar-refractivity contribution is 0.00578. The summed E-state index contributed by atoms with van der Waals surface area (Å²) in [4.78, 5) is 8.40. The predicted molar refractivity (Wildman–Crippen MR) is 249 cm³/mol. The minimum atomic E-state index is -3.38. The molecule has 2 aromatic heterocycles. The number of aromatic nitrogens is 2. The molecular formula is C44H52BBrCl2N6O6S2. The summed E-state index contributed by atoms with van der Waals surface area (Å²) in [5.41, 5.74) is 4.39. The quantitative estimate of drug-likeness (QED) is 0.130. The van der Waals surface area contributed by atoms with Gasteiger partial charge in [0.15, 0.2) is 0 Å². The van der Waals surface area contributed by atoms with Gasteiger partial charge in [-0.15, -0.1) is 0 Å². The molecule has 330 valence electrons. The van der Waals surface area contributed by atoms with Gasteiger partial charge < -0.3 is 9.31 Å². The third kappa shape index (κ3) is 12.6. The number of rotatable bonds is 12. The van der Waals surface area contributed by atoms with Crippen molar-refractivity contribution in [2.75, 3.05) is 0 Å². The van der Waals surface area contributed by atoms with E-state index in [0.717, 1.165) is 57.9 Å². The van der Waals surface area contributed by atoms with Crippen LogP contribution in [0.3, 0.4) is 0 Å². The molecule has 18 heteroatoms. The Balaban J connectivity index is 0.000000181. The van der Waals surface area contributed by atoms with Crippen molar-refractivity contribution in [3.63, 3.8) is 0 Å². The third-order valence-corrected chi connectivity index (χ3v) is 16.0. The van der Waals surface area contributed by atoms with E-state index in [4.69, 9.17) is 43.0 Å². The Morgan fingerprint density at radius 1 is 0.694 bits per heavy atom. The highest BCUT2D eigenvalue weighted by Gasteiger charge is 2.51. The van der Waals surface area contributed by atoms with E-state index in [1.165, 1.54) is 0 Å². The Labute approximate surface area is 385 Å². The fourth-order valence-corrected chi connectivity index (χ4v) is 9.02. The molecule has 1 aliphatic heterocycles. The van der Waals surface area contributed by atoms with Gasteiger partial charge in [0, 0.05) is 34.8 Å². The van der Waals surface area contributed by atoms with E-state index in [-0.39, 0.29) is 23.3 Å². The van der Waals surface area contributed by atoms with Crippen molar-refractivity contribution in [2.24, 2.45) is 11.8 Å². The number of hydrogen-bond donors (Lipinski definition) is 2. The van der Waals surface area contributed by atoms with Gasteiger partial charge in [-0.05, 0) is 167 Å². The van der Waals surface area contributed by atoms with Gasteiger partial charge in [0.25, 0.3) is 0 Å². The highest BCUT2D eigenvalue weighted by Crippen LogP contribution is 2.43. The van der Waals surface area contributed by atoms with Gasteiger partial charge in [0.05, 0.1) is 55.0 Å². The Morgan fingerprint density at radius 2 is 1.15 bits per heavy atom. The average molecular weight is 987 g/mol. The van der Waals surface area contributed by atoms with Crippen molar-refractivity contribution in [1.29, 1.82) is 10.5 Å². The lowest BCUT2D eigenvalue weighted by Crippen LogP contribution is -2.41. The first-order chi connectivity index (χ1) is 29.0. The van der Waals surface area contributed by atoms with Crippen LogP contribution in [0.25, 0.3) is 11.1 Å². The highest BCUT2D eigenvalue weighted by atomic mass is 79.9. The molecule has 3 fully saturated rings. The fourth-order valence-electron chi connectivity index (χ4n) is 6.28. The number of hydrogen-bond acceptors (Lipinski definition) is 10. The number of benzene rings is 2. The van der Waals surface area contributed by atoms with Gasteiger partial charge >= 0.3 is 7.12 Å². The molecule has 0 spiro atoms. The summed E-state index contributed by atoms with van der Waals surface area (Å²) < 4.78 is 67.0. The highest BCUT2D eigenvalue weighted by molar-refractivity contribution is 9.10. The molecular weight excluding hydrogens is 934 g/mol. The maximum absolute atomic E-state index is 12.3. The Bertz CT molecular complexity index is 2540. The first-order valence-electron chi connectivity index (χ1n) is 20.3. The topological polar surface area (TPSA) is 184 Å². The lowest BCUT2D eigenvalue weighted by Gasteiger charge is -2.32. The van der Waals surface area contributed by atoms with E-state index in [0.29, 0.717) is 33.0 Å². The van der Waals surface area contributed by atoms with Crippen LogP contribution in [0.4, 0.5) is 0 Å². The summed E-state index contributed by atoms with van der Waals surface area (Å²) in [5, 5.41) is 17.7. The summed E-state index contributed by atoms with van der Waals surface area (Å²) in [6, 6.07) is 17.9. The monoisotopic (exact) mass is 984 g/mol. The van der Waals surface area contributed by atoms with Gasteiger partial charge in [-0.2, -0.15) is 10.5 Å². The van der Waals surface area contributed by atoms with Crippen LogP contribution in [0.5, 0.6) is 0 Å². The summed E-state index contributed by atoms with van der Waals surface area (Å²) in [6.07, 6.45) is 11.0. The average Bonchev–Trinajstić information content (AvgIpc) is 4.15. The molecule has 0 radical (unpaired) electrons. The van der Waals surface area contributed by atoms with Crippen LogP contribution in [0.1, 0.15) is 115 Å². The molecule has 7 rings (SSSR count). The van der Waals surface area contributed by atoms with Crippen molar-refractivity contribution in [3.8, 4) is 23.3 Å².